The Kier molecular flexibility index (Phi) is 4.84. The molecule has 1 aromatic carbocycles. The van der Waals surface area contributed by atoms with Crippen LogP contribution in [0.15, 0.2) is 42.6 Å². The monoisotopic (exact) mass is 327 g/mol. The van der Waals surface area contributed by atoms with Crippen molar-refractivity contribution in [1.29, 1.82) is 0 Å². The van der Waals surface area contributed by atoms with Crippen LogP contribution < -0.4 is 10.1 Å². The first-order valence-electron chi connectivity index (χ1n) is 8.04. The van der Waals surface area contributed by atoms with E-state index in [0.717, 1.165) is 12.1 Å². The molecule has 1 aliphatic heterocycles. The molecule has 1 unspecified atom stereocenters. The van der Waals surface area contributed by atoms with Gasteiger partial charge in [0.15, 0.2) is 0 Å². The number of likely N-dealkylation sites (tertiary alicyclic amines) is 1. The second-order valence-electron chi connectivity index (χ2n) is 5.80. The summed E-state index contributed by atoms with van der Waals surface area (Å²) in [6.45, 7) is 1.04. The van der Waals surface area contributed by atoms with Crippen LogP contribution in [-0.4, -0.2) is 41.4 Å². The number of hydrogen-bond acceptors (Lipinski definition) is 3. The maximum atomic E-state index is 12.7. The molecule has 24 heavy (non-hydrogen) atoms. The Bertz CT molecular complexity index is 695. The molecule has 6 heteroatoms. The third-order valence-corrected chi connectivity index (χ3v) is 4.27. The Balaban J connectivity index is 1.65. The highest BCUT2D eigenvalue weighted by molar-refractivity contribution is 5.98. The number of rotatable bonds is 5. The van der Waals surface area contributed by atoms with Crippen LogP contribution >= 0.6 is 0 Å². The fourth-order valence-electron chi connectivity index (χ4n) is 2.96. The number of nitrogens with zero attached hydrogens (tertiary/aromatic N) is 1. The molecule has 0 bridgehead atoms. The van der Waals surface area contributed by atoms with Crippen molar-refractivity contribution in [2.45, 2.75) is 25.4 Å². The van der Waals surface area contributed by atoms with E-state index in [1.54, 1.807) is 36.3 Å². The molecule has 2 aromatic rings. The number of hydrogen-bond donors (Lipinski definition) is 2. The Hall–Kier alpha value is -2.76. The molecule has 0 spiro atoms. The summed E-state index contributed by atoms with van der Waals surface area (Å²) in [6, 6.07) is 10.4. The van der Waals surface area contributed by atoms with Crippen LogP contribution in [0.25, 0.3) is 0 Å². The third kappa shape index (κ3) is 3.42. The standard InChI is InChI=1S/C18H21N3O3/c1-24-15-8-6-13(7-9-15)18(23)21-11-3-5-16(21)17(22)20-12-14-4-2-10-19-14/h2,4,6-10,16,19H,3,5,11-12H2,1H3,(H,20,22). The van der Waals surface area contributed by atoms with Gasteiger partial charge in [0, 0.05) is 24.0 Å². The van der Waals surface area contributed by atoms with E-state index < -0.39 is 6.04 Å². The lowest BCUT2D eigenvalue weighted by Crippen LogP contribution is -2.45. The largest absolute Gasteiger partial charge is 0.497 e. The van der Waals surface area contributed by atoms with E-state index in [2.05, 4.69) is 10.3 Å². The van der Waals surface area contributed by atoms with Crippen molar-refractivity contribution < 1.29 is 14.3 Å². The van der Waals surface area contributed by atoms with Crippen molar-refractivity contribution >= 4 is 11.8 Å². The van der Waals surface area contributed by atoms with Crippen molar-refractivity contribution in [3.8, 4) is 5.75 Å². The number of nitrogens with one attached hydrogen (secondary N) is 2. The number of methoxy groups -OCH3 is 1. The van der Waals surface area contributed by atoms with Crippen LogP contribution in [0.3, 0.4) is 0 Å². The van der Waals surface area contributed by atoms with Crippen molar-refractivity contribution in [3.05, 3.63) is 53.9 Å². The molecule has 1 aromatic heterocycles. The molecular weight excluding hydrogens is 306 g/mol. The van der Waals surface area contributed by atoms with E-state index in [4.69, 9.17) is 4.74 Å². The molecule has 2 N–H and O–H groups in total. The van der Waals surface area contributed by atoms with E-state index in [1.807, 2.05) is 18.3 Å². The number of ether oxygens (including phenoxy) is 1. The van der Waals surface area contributed by atoms with Gasteiger partial charge in [-0.15, -0.1) is 0 Å². The average molecular weight is 327 g/mol. The molecular formula is C18H21N3O3. The summed E-state index contributed by atoms with van der Waals surface area (Å²) < 4.78 is 5.11. The first-order chi connectivity index (χ1) is 11.7. The molecule has 2 amide bonds. The second kappa shape index (κ2) is 7.21. The molecule has 0 radical (unpaired) electrons. The molecule has 126 valence electrons. The van der Waals surface area contributed by atoms with E-state index in [0.29, 0.717) is 30.8 Å². The van der Waals surface area contributed by atoms with Crippen LogP contribution in [0.4, 0.5) is 0 Å². The molecule has 0 saturated carbocycles. The number of carbonyl (C=O) groups is 2. The molecule has 1 saturated heterocycles. The molecule has 1 atom stereocenters. The van der Waals surface area contributed by atoms with Gasteiger partial charge in [0.2, 0.25) is 5.91 Å². The van der Waals surface area contributed by atoms with Gasteiger partial charge in [-0.1, -0.05) is 0 Å². The van der Waals surface area contributed by atoms with Crippen LogP contribution in [-0.2, 0) is 11.3 Å². The van der Waals surface area contributed by atoms with Gasteiger partial charge >= 0.3 is 0 Å². The zero-order valence-electron chi connectivity index (χ0n) is 13.6. The summed E-state index contributed by atoms with van der Waals surface area (Å²) in [6.07, 6.45) is 3.34. The predicted octanol–water partition coefficient (Wildman–Crippen LogP) is 1.94. The predicted molar refractivity (Wildman–Crippen MR) is 89.7 cm³/mol. The summed E-state index contributed by atoms with van der Waals surface area (Å²) in [5.74, 6) is 0.479. The number of amides is 2. The average Bonchev–Trinajstić information content (AvgIpc) is 3.30. The summed E-state index contributed by atoms with van der Waals surface area (Å²) in [5.41, 5.74) is 1.51. The fraction of sp³-hybridized carbons (Fsp3) is 0.333. The number of carbonyl (C=O) groups excluding carboxylic acids is 2. The van der Waals surface area contributed by atoms with Gasteiger partial charge in [0.05, 0.1) is 13.7 Å². The summed E-state index contributed by atoms with van der Waals surface area (Å²) in [4.78, 5) is 29.8. The van der Waals surface area contributed by atoms with Crippen molar-refractivity contribution in [2.75, 3.05) is 13.7 Å². The number of benzene rings is 1. The highest BCUT2D eigenvalue weighted by atomic mass is 16.5. The summed E-state index contributed by atoms with van der Waals surface area (Å²) in [7, 11) is 1.59. The Morgan fingerprint density at radius 2 is 2.08 bits per heavy atom. The quantitative estimate of drug-likeness (QED) is 0.881. The topological polar surface area (TPSA) is 74.4 Å². The van der Waals surface area contributed by atoms with Gasteiger partial charge < -0.3 is 19.9 Å². The Morgan fingerprint density at radius 1 is 1.29 bits per heavy atom. The molecule has 1 fully saturated rings. The first kappa shape index (κ1) is 16.1. The van der Waals surface area contributed by atoms with Crippen LogP contribution in [0.1, 0.15) is 28.9 Å². The maximum absolute atomic E-state index is 12.7. The summed E-state index contributed by atoms with van der Waals surface area (Å²) >= 11 is 0. The lowest BCUT2D eigenvalue weighted by molar-refractivity contribution is -0.125. The molecule has 1 aliphatic rings. The van der Waals surface area contributed by atoms with E-state index in [1.165, 1.54) is 0 Å². The molecule has 3 rings (SSSR count). The van der Waals surface area contributed by atoms with E-state index in [9.17, 15) is 9.59 Å². The zero-order valence-corrected chi connectivity index (χ0v) is 13.6. The molecule has 6 nitrogen and oxygen atoms in total. The SMILES string of the molecule is COc1ccc(C(=O)N2CCCC2C(=O)NCc2ccc[nH]2)cc1. The van der Waals surface area contributed by atoms with E-state index >= 15 is 0 Å². The lowest BCUT2D eigenvalue weighted by Gasteiger charge is -2.24. The Morgan fingerprint density at radius 3 is 2.75 bits per heavy atom. The van der Waals surface area contributed by atoms with Crippen LogP contribution in [0.2, 0.25) is 0 Å². The zero-order chi connectivity index (χ0) is 16.9. The maximum Gasteiger partial charge on any atom is 0.254 e. The van der Waals surface area contributed by atoms with Gasteiger partial charge in [0.1, 0.15) is 11.8 Å². The van der Waals surface area contributed by atoms with Gasteiger partial charge in [0.25, 0.3) is 5.91 Å². The van der Waals surface area contributed by atoms with Gasteiger partial charge in [-0.25, -0.2) is 0 Å². The highest BCUT2D eigenvalue weighted by Crippen LogP contribution is 2.21. The van der Waals surface area contributed by atoms with Crippen molar-refractivity contribution in [2.24, 2.45) is 0 Å². The highest BCUT2D eigenvalue weighted by Gasteiger charge is 2.34. The van der Waals surface area contributed by atoms with Crippen molar-refractivity contribution in [1.82, 2.24) is 15.2 Å². The fourth-order valence-corrected chi connectivity index (χ4v) is 2.96. The third-order valence-electron chi connectivity index (χ3n) is 4.27. The second-order valence-corrected chi connectivity index (χ2v) is 5.80. The number of aromatic nitrogens is 1. The minimum Gasteiger partial charge on any atom is -0.497 e. The summed E-state index contributed by atoms with van der Waals surface area (Å²) in [5, 5.41) is 2.90. The number of H-pyrrole nitrogens is 1. The lowest BCUT2D eigenvalue weighted by atomic mass is 10.1. The minimum atomic E-state index is -0.408. The minimum absolute atomic E-state index is 0.107. The normalized spacial score (nSPS) is 16.9. The first-order valence-corrected chi connectivity index (χ1v) is 8.04. The van der Waals surface area contributed by atoms with Crippen LogP contribution in [0, 0.1) is 0 Å². The van der Waals surface area contributed by atoms with Gasteiger partial charge in [-0.2, -0.15) is 0 Å². The smallest absolute Gasteiger partial charge is 0.254 e. The van der Waals surface area contributed by atoms with Gasteiger partial charge in [-0.3, -0.25) is 9.59 Å². The van der Waals surface area contributed by atoms with E-state index in [-0.39, 0.29) is 11.8 Å². The Labute approximate surface area is 140 Å². The van der Waals surface area contributed by atoms with Gasteiger partial charge in [-0.05, 0) is 49.2 Å². The number of aromatic amines is 1. The molecule has 0 aliphatic carbocycles. The molecule has 2 heterocycles. The van der Waals surface area contributed by atoms with Crippen molar-refractivity contribution in [3.63, 3.8) is 0 Å². The van der Waals surface area contributed by atoms with Crippen LogP contribution in [0.5, 0.6) is 5.75 Å².